The third-order valence-corrected chi connectivity index (χ3v) is 5.25. The van der Waals surface area contributed by atoms with Crippen LogP contribution in [-0.4, -0.2) is 39.1 Å². The van der Waals surface area contributed by atoms with Crippen molar-refractivity contribution in [3.05, 3.63) is 29.8 Å². The molecule has 1 unspecified atom stereocenters. The van der Waals surface area contributed by atoms with Crippen LogP contribution in [0.3, 0.4) is 0 Å². The molecule has 0 spiro atoms. The first-order valence-electron chi connectivity index (χ1n) is 7.00. The van der Waals surface area contributed by atoms with Gasteiger partial charge in [-0.1, -0.05) is 6.07 Å². The molecule has 124 valence electrons. The predicted molar refractivity (Wildman–Crippen MR) is 76.6 cm³/mol. The van der Waals surface area contributed by atoms with E-state index >= 15 is 0 Å². The quantitative estimate of drug-likeness (QED) is 0.838. The molecule has 1 aliphatic rings. The van der Waals surface area contributed by atoms with Gasteiger partial charge in [0, 0.05) is 12.6 Å². The smallest absolute Gasteiger partial charge is 0.416 e. The van der Waals surface area contributed by atoms with Gasteiger partial charge in [0.05, 0.1) is 17.1 Å². The fourth-order valence-electron chi connectivity index (χ4n) is 2.38. The van der Waals surface area contributed by atoms with Crippen LogP contribution in [0.15, 0.2) is 24.3 Å². The third-order valence-electron chi connectivity index (χ3n) is 3.43. The first kappa shape index (κ1) is 17.1. The lowest BCUT2D eigenvalue weighted by atomic mass is 10.2. The molecule has 22 heavy (non-hydrogen) atoms. The van der Waals surface area contributed by atoms with Crippen molar-refractivity contribution in [3.63, 3.8) is 0 Å². The van der Waals surface area contributed by atoms with Gasteiger partial charge in [-0.3, -0.25) is 0 Å². The van der Waals surface area contributed by atoms with E-state index in [1.54, 1.807) is 0 Å². The van der Waals surface area contributed by atoms with E-state index in [9.17, 15) is 21.6 Å². The first-order chi connectivity index (χ1) is 10.3. The molecule has 8 heteroatoms. The number of rotatable bonds is 5. The monoisotopic (exact) mass is 337 g/mol. The molecule has 0 amide bonds. The molecule has 1 N–H and O–H groups in total. The van der Waals surface area contributed by atoms with E-state index in [1.165, 1.54) is 12.1 Å². The predicted octanol–water partition coefficient (Wildman–Crippen LogP) is 2.25. The average molecular weight is 337 g/mol. The Labute approximate surface area is 127 Å². The summed E-state index contributed by atoms with van der Waals surface area (Å²) in [5, 5.41) is 3.07. The van der Waals surface area contributed by atoms with Gasteiger partial charge in [-0.05, 0) is 31.0 Å². The summed E-state index contributed by atoms with van der Waals surface area (Å²) >= 11 is 0. The molecule has 1 aromatic rings. The third kappa shape index (κ3) is 5.17. The van der Waals surface area contributed by atoms with E-state index in [-0.39, 0.29) is 29.9 Å². The van der Waals surface area contributed by atoms with Gasteiger partial charge in [0.15, 0.2) is 9.84 Å². The molecule has 4 nitrogen and oxygen atoms in total. The first-order valence-corrected chi connectivity index (χ1v) is 8.82. The van der Waals surface area contributed by atoms with Crippen LogP contribution in [0, 0.1) is 0 Å². The van der Waals surface area contributed by atoms with Crippen molar-refractivity contribution in [2.75, 3.05) is 24.7 Å². The number of alkyl halides is 3. The molecule has 1 aliphatic heterocycles. The lowest BCUT2D eigenvalue weighted by Gasteiger charge is -2.23. The van der Waals surface area contributed by atoms with Crippen LogP contribution in [0.25, 0.3) is 0 Å². The Morgan fingerprint density at radius 1 is 1.32 bits per heavy atom. The maximum atomic E-state index is 12.5. The van der Waals surface area contributed by atoms with Gasteiger partial charge in [-0.15, -0.1) is 0 Å². The van der Waals surface area contributed by atoms with E-state index in [4.69, 9.17) is 4.74 Å². The molecule has 1 heterocycles. The van der Waals surface area contributed by atoms with Gasteiger partial charge in [-0.2, -0.15) is 13.2 Å². The Morgan fingerprint density at radius 3 is 2.77 bits per heavy atom. The van der Waals surface area contributed by atoms with E-state index < -0.39 is 21.6 Å². The fraction of sp³-hybridized carbons (Fsp3) is 0.571. The van der Waals surface area contributed by atoms with Crippen LogP contribution in [-0.2, 0) is 16.0 Å². The van der Waals surface area contributed by atoms with Crippen molar-refractivity contribution in [3.8, 4) is 5.75 Å². The highest BCUT2D eigenvalue weighted by Gasteiger charge is 2.30. The summed E-state index contributed by atoms with van der Waals surface area (Å²) in [5.41, 5.74) is -0.753. The molecule has 1 saturated heterocycles. The van der Waals surface area contributed by atoms with Gasteiger partial charge in [0.1, 0.15) is 12.4 Å². The summed E-state index contributed by atoms with van der Waals surface area (Å²) in [6, 6.07) is 4.58. The summed E-state index contributed by atoms with van der Waals surface area (Å²) in [6.45, 7) is 0.564. The topological polar surface area (TPSA) is 55.4 Å². The minimum absolute atomic E-state index is 0.108. The summed E-state index contributed by atoms with van der Waals surface area (Å²) in [4.78, 5) is 0. The Bertz CT molecular complexity index is 602. The second kappa shape index (κ2) is 6.87. The normalized spacial score (nSPS) is 21.5. The summed E-state index contributed by atoms with van der Waals surface area (Å²) in [5.74, 6) is 0.482. The molecule has 2 rings (SSSR count). The van der Waals surface area contributed by atoms with Crippen molar-refractivity contribution >= 4 is 9.84 Å². The molecule has 0 radical (unpaired) electrons. The highest BCUT2D eigenvalue weighted by molar-refractivity contribution is 7.91. The number of hydrogen-bond donors (Lipinski definition) is 1. The minimum Gasteiger partial charge on any atom is -0.492 e. The van der Waals surface area contributed by atoms with Gasteiger partial charge < -0.3 is 10.1 Å². The number of hydrogen-bond acceptors (Lipinski definition) is 4. The van der Waals surface area contributed by atoms with Gasteiger partial charge in [0.2, 0.25) is 0 Å². The largest absolute Gasteiger partial charge is 0.492 e. The summed E-state index contributed by atoms with van der Waals surface area (Å²) in [6.07, 6.45) is -2.98. The van der Waals surface area contributed by atoms with Gasteiger partial charge in [0.25, 0.3) is 0 Å². The molecule has 1 atom stereocenters. The van der Waals surface area contributed by atoms with Gasteiger partial charge >= 0.3 is 6.18 Å². The number of ether oxygens (including phenoxy) is 1. The molecule has 1 aromatic carbocycles. The highest BCUT2D eigenvalue weighted by Crippen LogP contribution is 2.31. The van der Waals surface area contributed by atoms with Crippen molar-refractivity contribution in [2.24, 2.45) is 0 Å². The standard InChI is InChI=1S/C14H18F3NO3S/c15-14(16,17)11-3-1-5-13(9-11)21-7-6-18-12-4-2-8-22(19,20)10-12/h1,3,5,9,12,18H,2,4,6-8,10H2. The van der Waals surface area contributed by atoms with Crippen LogP contribution in [0.5, 0.6) is 5.75 Å². The van der Waals surface area contributed by atoms with E-state index in [1.807, 2.05) is 0 Å². The number of nitrogens with one attached hydrogen (secondary N) is 1. The summed E-state index contributed by atoms with van der Waals surface area (Å²) < 4.78 is 65.9. The Kier molecular flexibility index (Phi) is 5.33. The van der Waals surface area contributed by atoms with E-state index in [0.717, 1.165) is 18.6 Å². The van der Waals surface area contributed by atoms with Gasteiger partial charge in [-0.25, -0.2) is 8.42 Å². The zero-order valence-electron chi connectivity index (χ0n) is 11.9. The van der Waals surface area contributed by atoms with Crippen LogP contribution in [0.2, 0.25) is 0 Å². The Morgan fingerprint density at radius 2 is 2.09 bits per heavy atom. The molecule has 0 saturated carbocycles. The number of halogens is 3. The maximum Gasteiger partial charge on any atom is 0.416 e. The second-order valence-electron chi connectivity index (χ2n) is 5.28. The van der Waals surface area contributed by atoms with Crippen LogP contribution >= 0.6 is 0 Å². The SMILES string of the molecule is O=S1(=O)CCCC(NCCOc2cccc(C(F)(F)F)c2)C1. The number of sulfone groups is 1. The summed E-state index contributed by atoms with van der Waals surface area (Å²) in [7, 11) is -2.97. The van der Waals surface area contributed by atoms with Crippen molar-refractivity contribution in [1.29, 1.82) is 0 Å². The lowest BCUT2D eigenvalue weighted by Crippen LogP contribution is -2.41. The van der Waals surface area contributed by atoms with Crippen LogP contribution in [0.1, 0.15) is 18.4 Å². The highest BCUT2D eigenvalue weighted by atomic mass is 32.2. The van der Waals surface area contributed by atoms with Crippen LogP contribution in [0.4, 0.5) is 13.2 Å². The molecule has 1 fully saturated rings. The molecular formula is C14H18F3NO3S. The van der Waals surface area contributed by atoms with E-state index in [0.29, 0.717) is 13.0 Å². The average Bonchev–Trinajstić information content (AvgIpc) is 2.42. The zero-order chi connectivity index (χ0) is 16.2. The minimum atomic E-state index is -4.39. The molecular weight excluding hydrogens is 319 g/mol. The zero-order valence-corrected chi connectivity index (χ0v) is 12.7. The van der Waals surface area contributed by atoms with Crippen LogP contribution < -0.4 is 10.1 Å². The second-order valence-corrected chi connectivity index (χ2v) is 7.51. The fourth-order valence-corrected chi connectivity index (χ4v) is 4.05. The Balaban J connectivity index is 1.77. The van der Waals surface area contributed by atoms with Crippen molar-refractivity contribution < 1.29 is 26.3 Å². The van der Waals surface area contributed by atoms with E-state index in [2.05, 4.69) is 5.32 Å². The lowest BCUT2D eigenvalue weighted by molar-refractivity contribution is -0.137. The molecule has 0 aliphatic carbocycles. The maximum absolute atomic E-state index is 12.5. The molecule has 0 bridgehead atoms. The van der Waals surface area contributed by atoms with Crippen molar-refractivity contribution in [1.82, 2.24) is 5.32 Å². The van der Waals surface area contributed by atoms with Crippen molar-refractivity contribution in [2.45, 2.75) is 25.1 Å². The number of benzene rings is 1. The Hall–Kier alpha value is -1.28. The molecule has 0 aromatic heterocycles.